The van der Waals surface area contributed by atoms with Crippen molar-refractivity contribution in [3.05, 3.63) is 53.6 Å². The summed E-state index contributed by atoms with van der Waals surface area (Å²) in [5.74, 6) is -1.97. The van der Waals surface area contributed by atoms with Gasteiger partial charge in [0, 0.05) is 12.6 Å². The number of rotatable bonds is 5. The number of anilines is 2. The lowest BCUT2D eigenvalue weighted by Crippen LogP contribution is -2.16. The molecule has 2 aromatic carbocycles. The highest BCUT2D eigenvalue weighted by atomic mass is 19.1. The molecule has 0 unspecified atom stereocenters. The number of carbonyl (C=O) groups excluding carboxylic acids is 2. The van der Waals surface area contributed by atoms with Crippen molar-refractivity contribution in [2.24, 2.45) is 0 Å². The lowest BCUT2D eigenvalue weighted by atomic mass is 10.1. The third kappa shape index (κ3) is 4.52. The SMILES string of the molecule is COc1ccc(CC(=O)Nc2cc(NC(C)=O)ccc2F)cc1F. The number of hydrogen-bond acceptors (Lipinski definition) is 3. The molecule has 2 rings (SSSR count). The van der Waals surface area contributed by atoms with E-state index in [-0.39, 0.29) is 23.8 Å². The Balaban J connectivity index is 2.09. The van der Waals surface area contributed by atoms with Crippen LogP contribution in [0, 0.1) is 11.6 Å². The summed E-state index contributed by atoms with van der Waals surface area (Å²) in [6, 6.07) is 7.96. The average molecular weight is 334 g/mol. The molecule has 126 valence electrons. The fourth-order valence-corrected chi connectivity index (χ4v) is 2.10. The molecule has 5 nitrogen and oxygen atoms in total. The molecule has 0 aromatic heterocycles. The van der Waals surface area contributed by atoms with Crippen LogP contribution in [0.1, 0.15) is 12.5 Å². The van der Waals surface area contributed by atoms with E-state index in [1.165, 1.54) is 38.3 Å². The highest BCUT2D eigenvalue weighted by Crippen LogP contribution is 2.21. The van der Waals surface area contributed by atoms with Crippen LogP contribution in [0.4, 0.5) is 20.2 Å². The zero-order valence-corrected chi connectivity index (χ0v) is 13.2. The van der Waals surface area contributed by atoms with Crippen LogP contribution in [0.5, 0.6) is 5.75 Å². The van der Waals surface area contributed by atoms with Gasteiger partial charge in [0.2, 0.25) is 11.8 Å². The van der Waals surface area contributed by atoms with Crippen molar-refractivity contribution < 1.29 is 23.1 Å². The van der Waals surface area contributed by atoms with Gasteiger partial charge in [-0.3, -0.25) is 9.59 Å². The first-order chi connectivity index (χ1) is 11.4. The molecule has 2 aromatic rings. The largest absolute Gasteiger partial charge is 0.494 e. The van der Waals surface area contributed by atoms with Gasteiger partial charge in [0.25, 0.3) is 0 Å². The van der Waals surface area contributed by atoms with Crippen molar-refractivity contribution in [2.45, 2.75) is 13.3 Å². The Morgan fingerprint density at radius 3 is 2.42 bits per heavy atom. The van der Waals surface area contributed by atoms with E-state index in [1.54, 1.807) is 6.07 Å². The number of amides is 2. The van der Waals surface area contributed by atoms with Gasteiger partial charge in [0.05, 0.1) is 19.2 Å². The first kappa shape index (κ1) is 17.4. The van der Waals surface area contributed by atoms with E-state index < -0.39 is 17.5 Å². The molecule has 0 bridgehead atoms. The van der Waals surface area contributed by atoms with Crippen LogP contribution in [0.3, 0.4) is 0 Å². The van der Waals surface area contributed by atoms with Crippen LogP contribution in [0.2, 0.25) is 0 Å². The van der Waals surface area contributed by atoms with E-state index in [2.05, 4.69) is 10.6 Å². The third-order valence-corrected chi connectivity index (χ3v) is 3.14. The monoisotopic (exact) mass is 334 g/mol. The molecule has 0 heterocycles. The molecule has 7 heteroatoms. The zero-order valence-electron chi connectivity index (χ0n) is 13.2. The van der Waals surface area contributed by atoms with Gasteiger partial charge in [0.15, 0.2) is 11.6 Å². The second kappa shape index (κ2) is 7.54. The first-order valence-corrected chi connectivity index (χ1v) is 7.08. The van der Waals surface area contributed by atoms with E-state index in [9.17, 15) is 18.4 Å². The Bertz CT molecular complexity index is 778. The molecule has 24 heavy (non-hydrogen) atoms. The number of ether oxygens (including phenoxy) is 1. The summed E-state index contributed by atoms with van der Waals surface area (Å²) in [7, 11) is 1.34. The van der Waals surface area contributed by atoms with Crippen molar-refractivity contribution in [1.29, 1.82) is 0 Å². The summed E-state index contributed by atoms with van der Waals surface area (Å²) < 4.78 is 32.2. The molecule has 2 amide bonds. The molecule has 0 aliphatic heterocycles. The van der Waals surface area contributed by atoms with E-state index in [0.717, 1.165) is 6.07 Å². The van der Waals surface area contributed by atoms with Crippen molar-refractivity contribution in [2.75, 3.05) is 17.7 Å². The van der Waals surface area contributed by atoms with E-state index in [0.29, 0.717) is 11.3 Å². The van der Waals surface area contributed by atoms with Gasteiger partial charge in [-0.1, -0.05) is 6.07 Å². The van der Waals surface area contributed by atoms with Crippen LogP contribution >= 0.6 is 0 Å². The summed E-state index contributed by atoms with van der Waals surface area (Å²) in [6.07, 6.45) is -0.134. The number of nitrogens with one attached hydrogen (secondary N) is 2. The minimum Gasteiger partial charge on any atom is -0.494 e. The van der Waals surface area contributed by atoms with Gasteiger partial charge >= 0.3 is 0 Å². The maximum absolute atomic E-state index is 13.8. The lowest BCUT2D eigenvalue weighted by molar-refractivity contribution is -0.116. The normalized spacial score (nSPS) is 10.2. The summed E-state index contributed by atoms with van der Waals surface area (Å²) in [6.45, 7) is 1.32. The standard InChI is InChI=1S/C17H16F2N2O3/c1-10(22)20-12-4-5-13(18)15(9-12)21-17(23)8-11-3-6-16(24-2)14(19)7-11/h3-7,9H,8H2,1-2H3,(H,20,22)(H,21,23). The topological polar surface area (TPSA) is 67.4 Å². The molecule has 0 atom stereocenters. The Morgan fingerprint density at radius 2 is 1.79 bits per heavy atom. The molecule has 0 aliphatic rings. The molecule has 0 radical (unpaired) electrons. The van der Waals surface area contributed by atoms with Crippen molar-refractivity contribution >= 4 is 23.2 Å². The summed E-state index contributed by atoms with van der Waals surface area (Å²) in [5.41, 5.74) is 0.708. The van der Waals surface area contributed by atoms with Crippen LogP contribution in [0.15, 0.2) is 36.4 Å². The van der Waals surface area contributed by atoms with Crippen LogP contribution in [-0.2, 0) is 16.0 Å². The number of carbonyl (C=O) groups is 2. The smallest absolute Gasteiger partial charge is 0.228 e. The first-order valence-electron chi connectivity index (χ1n) is 7.08. The number of halogens is 2. The molecule has 0 aliphatic carbocycles. The van der Waals surface area contributed by atoms with Crippen LogP contribution in [0.25, 0.3) is 0 Å². The molecular weight excluding hydrogens is 318 g/mol. The fourth-order valence-electron chi connectivity index (χ4n) is 2.10. The highest BCUT2D eigenvalue weighted by Gasteiger charge is 2.11. The number of benzene rings is 2. The van der Waals surface area contributed by atoms with E-state index in [4.69, 9.17) is 4.74 Å². The van der Waals surface area contributed by atoms with Gasteiger partial charge in [-0.2, -0.15) is 0 Å². The van der Waals surface area contributed by atoms with E-state index in [1.807, 2.05) is 0 Å². The summed E-state index contributed by atoms with van der Waals surface area (Å²) in [4.78, 5) is 23.0. The maximum Gasteiger partial charge on any atom is 0.228 e. The van der Waals surface area contributed by atoms with Crippen molar-refractivity contribution in [3.63, 3.8) is 0 Å². The lowest BCUT2D eigenvalue weighted by Gasteiger charge is -2.10. The fraction of sp³-hybridized carbons (Fsp3) is 0.176. The van der Waals surface area contributed by atoms with Crippen LogP contribution in [-0.4, -0.2) is 18.9 Å². The number of methoxy groups -OCH3 is 1. The minimum atomic E-state index is -0.640. The van der Waals surface area contributed by atoms with Crippen LogP contribution < -0.4 is 15.4 Å². The molecule has 0 saturated heterocycles. The molecule has 0 fully saturated rings. The Hall–Kier alpha value is -2.96. The predicted octanol–water partition coefficient (Wildman–Crippen LogP) is 3.11. The van der Waals surface area contributed by atoms with Gasteiger partial charge in [0.1, 0.15) is 5.82 Å². The van der Waals surface area contributed by atoms with Gasteiger partial charge in [-0.15, -0.1) is 0 Å². The Morgan fingerprint density at radius 1 is 1.04 bits per heavy atom. The van der Waals surface area contributed by atoms with Crippen molar-refractivity contribution in [3.8, 4) is 5.75 Å². The summed E-state index contributed by atoms with van der Waals surface area (Å²) in [5, 5.41) is 4.90. The molecule has 0 saturated carbocycles. The second-order valence-electron chi connectivity index (χ2n) is 5.07. The second-order valence-corrected chi connectivity index (χ2v) is 5.07. The van der Waals surface area contributed by atoms with Gasteiger partial charge in [-0.25, -0.2) is 8.78 Å². The quantitative estimate of drug-likeness (QED) is 0.883. The Kier molecular flexibility index (Phi) is 5.47. The minimum absolute atomic E-state index is 0.0692. The molecule has 2 N–H and O–H groups in total. The maximum atomic E-state index is 13.8. The number of hydrogen-bond donors (Lipinski definition) is 2. The highest BCUT2D eigenvalue weighted by molar-refractivity contribution is 5.94. The van der Waals surface area contributed by atoms with E-state index >= 15 is 0 Å². The zero-order chi connectivity index (χ0) is 17.7. The Labute approximate surface area is 137 Å². The van der Waals surface area contributed by atoms with Gasteiger partial charge in [-0.05, 0) is 35.9 Å². The predicted molar refractivity (Wildman–Crippen MR) is 86.0 cm³/mol. The third-order valence-electron chi connectivity index (χ3n) is 3.14. The van der Waals surface area contributed by atoms with Gasteiger partial charge < -0.3 is 15.4 Å². The average Bonchev–Trinajstić information content (AvgIpc) is 2.50. The molecular formula is C17H16F2N2O3. The van der Waals surface area contributed by atoms with Crippen molar-refractivity contribution in [1.82, 2.24) is 0 Å². The summed E-state index contributed by atoms with van der Waals surface area (Å²) >= 11 is 0. The molecule has 0 spiro atoms.